The molecule has 1 aliphatic heterocycles. The SMILES string of the molecule is Cc1ncsc1-c1ccc(CNC(=O)[C@@H]2C[C@@H](O)CN2C(=O)[C@@H](NC(=O)CCOCCOCCNC(=O)c2ccc3c(c2)[C@H](NC(=O)c2cc(-c4ccc(C(=O)N(C)C)c(O)c4)on2)CC3)C(C)(C)C)cc1. The molecule has 6 N–H and O–H groups in total. The number of likely N-dealkylation sites (tertiary alicyclic amines) is 1. The number of hydrogen-bond acceptors (Lipinski definition) is 14. The van der Waals surface area contributed by atoms with Gasteiger partial charge in [0.2, 0.25) is 17.7 Å². The molecule has 0 unspecified atom stereocenters. The van der Waals surface area contributed by atoms with E-state index in [0.29, 0.717) is 24.0 Å². The molecular formula is C52H62N8O11S. The van der Waals surface area contributed by atoms with Gasteiger partial charge in [0.1, 0.15) is 17.8 Å². The second-order valence-electron chi connectivity index (χ2n) is 19.2. The predicted molar refractivity (Wildman–Crippen MR) is 267 cm³/mol. The number of aliphatic hydroxyl groups is 1. The van der Waals surface area contributed by atoms with Gasteiger partial charge in [-0.15, -0.1) is 11.3 Å². The smallest absolute Gasteiger partial charge is 0.273 e. The number of carbonyl (C=O) groups excluding carboxylic acids is 6. The van der Waals surface area contributed by atoms with Gasteiger partial charge in [0, 0.05) is 63.8 Å². The van der Waals surface area contributed by atoms with Crippen LogP contribution in [0.25, 0.3) is 21.8 Å². The molecule has 5 aromatic rings. The lowest BCUT2D eigenvalue weighted by molar-refractivity contribution is -0.144. The van der Waals surface area contributed by atoms with Gasteiger partial charge in [-0.3, -0.25) is 28.8 Å². The third kappa shape index (κ3) is 13.1. The fourth-order valence-electron chi connectivity index (χ4n) is 8.59. The van der Waals surface area contributed by atoms with E-state index in [2.05, 4.69) is 31.4 Å². The quantitative estimate of drug-likeness (QED) is 0.0586. The van der Waals surface area contributed by atoms with Crippen LogP contribution in [0.4, 0.5) is 0 Å². The van der Waals surface area contributed by atoms with Crippen molar-refractivity contribution in [2.45, 2.75) is 84.2 Å². The maximum Gasteiger partial charge on any atom is 0.273 e. The Bertz CT molecular complexity index is 2770. The van der Waals surface area contributed by atoms with E-state index < -0.39 is 41.3 Å². The first-order valence-electron chi connectivity index (χ1n) is 23.8. The van der Waals surface area contributed by atoms with Gasteiger partial charge in [0.25, 0.3) is 17.7 Å². The number of nitrogens with zero attached hydrogens (tertiary/aromatic N) is 4. The fourth-order valence-corrected chi connectivity index (χ4v) is 9.40. The van der Waals surface area contributed by atoms with Crippen LogP contribution >= 0.6 is 11.3 Å². The molecule has 0 bridgehead atoms. The minimum absolute atomic E-state index is 0.0279. The molecule has 7 rings (SSSR count). The molecule has 3 aromatic carbocycles. The van der Waals surface area contributed by atoms with Crippen LogP contribution in [0, 0.1) is 12.3 Å². The summed E-state index contributed by atoms with van der Waals surface area (Å²) in [6.07, 6.45) is 0.501. The summed E-state index contributed by atoms with van der Waals surface area (Å²) < 4.78 is 16.6. The summed E-state index contributed by atoms with van der Waals surface area (Å²) in [4.78, 5) is 87.2. The number of ether oxygens (including phenoxy) is 2. The average Bonchev–Trinajstić information content (AvgIpc) is 4.18. The van der Waals surface area contributed by atoms with Gasteiger partial charge in [-0.25, -0.2) is 4.98 Å². The zero-order valence-corrected chi connectivity index (χ0v) is 42.1. The van der Waals surface area contributed by atoms with Gasteiger partial charge in [0.15, 0.2) is 11.5 Å². The number of aromatic hydroxyl groups is 1. The van der Waals surface area contributed by atoms with Crippen molar-refractivity contribution in [3.63, 3.8) is 0 Å². The van der Waals surface area contributed by atoms with Crippen molar-refractivity contribution in [3.8, 4) is 27.5 Å². The average molecular weight is 1010 g/mol. The largest absolute Gasteiger partial charge is 0.507 e. The molecule has 0 spiro atoms. The van der Waals surface area contributed by atoms with Gasteiger partial charge >= 0.3 is 0 Å². The van der Waals surface area contributed by atoms with Crippen LogP contribution < -0.4 is 21.3 Å². The first-order chi connectivity index (χ1) is 34.4. The number of amides is 6. The second-order valence-corrected chi connectivity index (χ2v) is 20.0. The lowest BCUT2D eigenvalue weighted by Gasteiger charge is -2.35. The molecule has 1 fully saturated rings. The molecule has 72 heavy (non-hydrogen) atoms. The summed E-state index contributed by atoms with van der Waals surface area (Å²) in [6, 6.07) is 16.9. The zero-order valence-electron chi connectivity index (χ0n) is 41.3. The Labute approximate surface area is 421 Å². The summed E-state index contributed by atoms with van der Waals surface area (Å²) in [7, 11) is 3.16. The molecule has 4 atom stereocenters. The van der Waals surface area contributed by atoms with Crippen molar-refractivity contribution in [2.24, 2.45) is 5.41 Å². The van der Waals surface area contributed by atoms with Crippen LogP contribution in [0.5, 0.6) is 5.75 Å². The fraction of sp³-hybridized carbons (Fsp3) is 0.423. The minimum Gasteiger partial charge on any atom is -0.507 e. The summed E-state index contributed by atoms with van der Waals surface area (Å²) in [5, 5.41) is 36.5. The van der Waals surface area contributed by atoms with Crippen molar-refractivity contribution < 1.29 is 53.0 Å². The van der Waals surface area contributed by atoms with Crippen LogP contribution in [0.3, 0.4) is 0 Å². The standard InChI is InChI=1S/C52H62N8O11S/c1-30-45(72-29-55-30)33-9-7-31(8-10-33)27-54-49(66)41-25-36(61)28-60(41)51(68)46(52(2,3)4)57-44(63)17-19-69-21-22-70-20-18-53-47(64)35-12-11-32-14-16-39(38(32)23-35)56-48(65)40-26-43(71-58-40)34-13-15-37(42(62)24-34)50(67)59(5)6/h7-13,15,23-24,26,29,36,39,41,46,61-62H,14,16-22,25,27-28H2,1-6H3,(H,53,64)(H,54,66)(H,56,65)(H,57,63)/t36-,39-,41+,46-/m1/s1. The number of fused-ring (bicyclic) bond motifs is 1. The maximum absolute atomic E-state index is 14.0. The summed E-state index contributed by atoms with van der Waals surface area (Å²) in [6.45, 7) is 8.52. The van der Waals surface area contributed by atoms with Crippen LogP contribution in [-0.2, 0) is 36.8 Å². The van der Waals surface area contributed by atoms with Gasteiger partial charge in [-0.1, -0.05) is 62.3 Å². The van der Waals surface area contributed by atoms with Crippen molar-refractivity contribution in [1.82, 2.24) is 41.2 Å². The number of rotatable bonds is 20. The molecule has 3 heterocycles. The Kier molecular flexibility index (Phi) is 17.2. The van der Waals surface area contributed by atoms with E-state index in [0.717, 1.165) is 32.8 Å². The third-order valence-electron chi connectivity index (χ3n) is 12.5. The molecule has 1 saturated heterocycles. The molecule has 2 aliphatic rings. The van der Waals surface area contributed by atoms with E-state index in [1.54, 1.807) is 49.1 Å². The number of carbonyl (C=O) groups is 6. The molecule has 6 amide bonds. The Balaban J connectivity index is 0.793. The lowest BCUT2D eigenvalue weighted by atomic mass is 9.85. The number of hydrogen-bond donors (Lipinski definition) is 6. The first kappa shape index (κ1) is 52.8. The molecule has 382 valence electrons. The number of phenols is 1. The van der Waals surface area contributed by atoms with Crippen LogP contribution in [0.15, 0.2) is 76.8 Å². The number of aromatic nitrogens is 2. The van der Waals surface area contributed by atoms with E-state index in [-0.39, 0.29) is 105 Å². The van der Waals surface area contributed by atoms with E-state index in [1.807, 2.05) is 58.0 Å². The number of phenolic OH excluding ortho intramolecular Hbond substituents is 1. The highest BCUT2D eigenvalue weighted by atomic mass is 32.1. The number of nitrogens with one attached hydrogen (secondary N) is 4. The molecule has 0 radical (unpaired) electrons. The van der Waals surface area contributed by atoms with Crippen LogP contribution in [0.2, 0.25) is 0 Å². The van der Waals surface area contributed by atoms with Crippen LogP contribution in [0.1, 0.15) is 99.7 Å². The molecular weight excluding hydrogens is 945 g/mol. The van der Waals surface area contributed by atoms with Gasteiger partial charge in [-0.2, -0.15) is 0 Å². The highest BCUT2D eigenvalue weighted by Gasteiger charge is 2.44. The monoisotopic (exact) mass is 1010 g/mol. The Morgan fingerprint density at radius 3 is 2.35 bits per heavy atom. The van der Waals surface area contributed by atoms with Crippen molar-refractivity contribution in [3.05, 3.63) is 111 Å². The Hall–Kier alpha value is -7.00. The van der Waals surface area contributed by atoms with E-state index in [9.17, 15) is 39.0 Å². The summed E-state index contributed by atoms with van der Waals surface area (Å²) in [5.41, 5.74) is 6.82. The normalized spacial score (nSPS) is 16.7. The number of aliphatic hydroxyl groups excluding tert-OH is 1. The summed E-state index contributed by atoms with van der Waals surface area (Å²) in [5.74, 6) is -2.38. The molecule has 20 heteroatoms. The van der Waals surface area contributed by atoms with Gasteiger partial charge in [0.05, 0.1) is 60.2 Å². The van der Waals surface area contributed by atoms with Gasteiger partial charge in [-0.05, 0) is 71.7 Å². The van der Waals surface area contributed by atoms with Crippen molar-refractivity contribution in [2.75, 3.05) is 53.6 Å². The van der Waals surface area contributed by atoms with E-state index in [1.165, 1.54) is 28.0 Å². The Morgan fingerprint density at radius 2 is 1.65 bits per heavy atom. The Morgan fingerprint density at radius 1 is 0.917 bits per heavy atom. The van der Waals surface area contributed by atoms with Crippen molar-refractivity contribution >= 4 is 46.8 Å². The highest BCUT2D eigenvalue weighted by Crippen LogP contribution is 2.34. The van der Waals surface area contributed by atoms with Gasteiger partial charge < -0.3 is 55.3 Å². The third-order valence-corrected chi connectivity index (χ3v) is 13.5. The molecule has 0 saturated carbocycles. The zero-order chi connectivity index (χ0) is 51.7. The number of aryl methyl sites for hydroxylation is 2. The number of thiazole rings is 1. The summed E-state index contributed by atoms with van der Waals surface area (Å²) >= 11 is 1.56. The second kappa shape index (κ2) is 23.5. The topological polar surface area (TPSA) is 255 Å². The molecule has 2 aromatic heterocycles. The first-order valence-corrected chi connectivity index (χ1v) is 24.7. The maximum atomic E-state index is 14.0. The van der Waals surface area contributed by atoms with E-state index >= 15 is 0 Å². The molecule has 19 nitrogen and oxygen atoms in total. The number of benzene rings is 3. The minimum atomic E-state index is -0.969. The predicted octanol–water partition coefficient (Wildman–Crippen LogP) is 4.56. The molecule has 1 aliphatic carbocycles. The number of β-amino-alcohol motifs (C(OH)–C–C–N with tert-alkyl or cyclic N) is 1. The van der Waals surface area contributed by atoms with E-state index in [4.69, 9.17) is 14.0 Å². The van der Waals surface area contributed by atoms with Crippen LogP contribution in [-0.4, -0.2) is 137 Å². The lowest BCUT2D eigenvalue weighted by Crippen LogP contribution is -2.57. The van der Waals surface area contributed by atoms with Crippen molar-refractivity contribution in [1.29, 1.82) is 0 Å². The highest BCUT2D eigenvalue weighted by molar-refractivity contribution is 7.13.